The lowest BCUT2D eigenvalue weighted by atomic mass is 10.1. The lowest BCUT2D eigenvalue weighted by Gasteiger charge is -2.32. The number of hydrogen-bond acceptors (Lipinski definition) is 5. The van der Waals surface area contributed by atoms with Gasteiger partial charge in [-0.2, -0.15) is 0 Å². The molecular weight excluding hydrogens is 490 g/mol. The highest BCUT2D eigenvalue weighted by molar-refractivity contribution is 7.92. The molecule has 35 heavy (non-hydrogen) atoms. The Morgan fingerprint density at radius 2 is 1.80 bits per heavy atom. The molecule has 0 aliphatic heterocycles. The number of amides is 2. The number of rotatable bonds is 12. The number of unbranched alkanes of at least 4 members (excludes halogenated alkanes) is 1. The lowest BCUT2D eigenvalue weighted by Crippen LogP contribution is -2.51. The molecule has 1 atom stereocenters. The fraction of sp³-hybridized carbons (Fsp3) is 0.440. The molecule has 192 valence electrons. The smallest absolute Gasteiger partial charge is 0.244 e. The highest BCUT2D eigenvalue weighted by Crippen LogP contribution is 2.33. The maximum Gasteiger partial charge on any atom is 0.244 e. The van der Waals surface area contributed by atoms with Crippen LogP contribution in [0.15, 0.2) is 42.5 Å². The number of sulfonamides is 1. The van der Waals surface area contributed by atoms with E-state index in [4.69, 9.17) is 16.3 Å². The van der Waals surface area contributed by atoms with Gasteiger partial charge in [-0.3, -0.25) is 13.9 Å². The zero-order valence-electron chi connectivity index (χ0n) is 20.9. The van der Waals surface area contributed by atoms with Crippen molar-refractivity contribution in [2.45, 2.75) is 46.2 Å². The number of anilines is 1. The maximum atomic E-state index is 13.6. The van der Waals surface area contributed by atoms with Crippen molar-refractivity contribution in [3.63, 3.8) is 0 Å². The maximum absolute atomic E-state index is 13.6. The van der Waals surface area contributed by atoms with Crippen LogP contribution in [0.25, 0.3) is 0 Å². The van der Waals surface area contributed by atoms with Crippen LogP contribution in [-0.4, -0.2) is 57.6 Å². The van der Waals surface area contributed by atoms with E-state index >= 15 is 0 Å². The van der Waals surface area contributed by atoms with Crippen molar-refractivity contribution in [3.05, 3.63) is 58.6 Å². The topological polar surface area (TPSA) is 96.0 Å². The van der Waals surface area contributed by atoms with E-state index in [-0.39, 0.29) is 23.9 Å². The number of carbonyl (C=O) groups excluding carboxylic acids is 2. The second-order valence-electron chi connectivity index (χ2n) is 8.41. The van der Waals surface area contributed by atoms with Crippen molar-refractivity contribution in [2.75, 3.05) is 30.8 Å². The molecule has 0 aromatic heterocycles. The second-order valence-corrected chi connectivity index (χ2v) is 10.8. The normalized spacial score (nSPS) is 12.1. The van der Waals surface area contributed by atoms with E-state index in [1.165, 1.54) is 24.1 Å². The zero-order chi connectivity index (χ0) is 26.2. The molecule has 8 nitrogen and oxygen atoms in total. The zero-order valence-corrected chi connectivity index (χ0v) is 22.4. The first-order valence-electron chi connectivity index (χ1n) is 11.4. The average Bonchev–Trinajstić information content (AvgIpc) is 2.80. The Morgan fingerprint density at radius 3 is 2.37 bits per heavy atom. The van der Waals surface area contributed by atoms with Crippen molar-refractivity contribution >= 4 is 39.1 Å². The summed E-state index contributed by atoms with van der Waals surface area (Å²) >= 11 is 6.11. The van der Waals surface area contributed by atoms with Crippen LogP contribution in [0.2, 0.25) is 5.02 Å². The van der Waals surface area contributed by atoms with Gasteiger partial charge < -0.3 is 15.0 Å². The molecule has 0 unspecified atom stereocenters. The molecule has 0 bridgehead atoms. The van der Waals surface area contributed by atoms with Gasteiger partial charge in [0.25, 0.3) is 0 Å². The molecule has 0 radical (unpaired) electrons. The summed E-state index contributed by atoms with van der Waals surface area (Å²) in [5.74, 6) is -0.579. The molecule has 0 aliphatic carbocycles. The van der Waals surface area contributed by atoms with Crippen LogP contribution < -0.4 is 14.4 Å². The van der Waals surface area contributed by atoms with Gasteiger partial charge in [0.05, 0.1) is 19.1 Å². The van der Waals surface area contributed by atoms with Crippen molar-refractivity contribution in [2.24, 2.45) is 0 Å². The highest BCUT2D eigenvalue weighted by Gasteiger charge is 2.31. The summed E-state index contributed by atoms with van der Waals surface area (Å²) in [6, 6.07) is 11.3. The molecule has 0 fully saturated rings. The first kappa shape index (κ1) is 28.5. The minimum Gasteiger partial charge on any atom is -0.495 e. The van der Waals surface area contributed by atoms with E-state index < -0.39 is 28.5 Å². The lowest BCUT2D eigenvalue weighted by molar-refractivity contribution is -0.139. The largest absolute Gasteiger partial charge is 0.495 e. The number of benzene rings is 2. The molecule has 0 spiro atoms. The van der Waals surface area contributed by atoms with Gasteiger partial charge in [0, 0.05) is 18.1 Å². The molecule has 2 amide bonds. The number of ether oxygens (including phenoxy) is 1. The molecule has 10 heteroatoms. The molecule has 2 rings (SSSR count). The number of halogens is 1. The fourth-order valence-corrected chi connectivity index (χ4v) is 4.47. The van der Waals surface area contributed by atoms with Gasteiger partial charge in [-0.1, -0.05) is 54.8 Å². The van der Waals surface area contributed by atoms with Gasteiger partial charge in [0.2, 0.25) is 21.8 Å². The number of carbonyl (C=O) groups is 2. The van der Waals surface area contributed by atoms with Gasteiger partial charge in [0.15, 0.2) is 0 Å². The first-order valence-corrected chi connectivity index (χ1v) is 13.6. The second kappa shape index (κ2) is 12.8. The average molecular weight is 524 g/mol. The minimum absolute atomic E-state index is 0.145. The number of nitrogens with zero attached hydrogens (tertiary/aromatic N) is 2. The SMILES string of the molecule is CCCCNC(=O)[C@H](C)N(Cc1ccc(C)cc1)C(=O)CN(c1cc(Cl)ccc1OC)S(C)(=O)=O. The quantitative estimate of drug-likeness (QED) is 0.427. The van der Waals surface area contributed by atoms with Crippen LogP contribution in [0.3, 0.4) is 0 Å². The summed E-state index contributed by atoms with van der Waals surface area (Å²) in [7, 11) is -2.49. The Kier molecular flexibility index (Phi) is 10.4. The summed E-state index contributed by atoms with van der Waals surface area (Å²) in [4.78, 5) is 27.8. The van der Waals surface area contributed by atoms with Gasteiger partial charge in [-0.05, 0) is 44.0 Å². The molecule has 1 N–H and O–H groups in total. The summed E-state index contributed by atoms with van der Waals surface area (Å²) in [6.45, 7) is 5.74. The van der Waals surface area contributed by atoms with Crippen LogP contribution in [0.5, 0.6) is 5.75 Å². The molecular formula is C25H34ClN3O5S. The van der Waals surface area contributed by atoms with Crippen molar-refractivity contribution in [3.8, 4) is 5.75 Å². The first-order chi connectivity index (χ1) is 16.5. The van der Waals surface area contributed by atoms with Crippen LogP contribution in [-0.2, 0) is 26.2 Å². The van der Waals surface area contributed by atoms with Gasteiger partial charge in [-0.25, -0.2) is 8.42 Å². The summed E-state index contributed by atoms with van der Waals surface area (Å²) < 4.78 is 31.7. The number of methoxy groups -OCH3 is 1. The van der Waals surface area contributed by atoms with E-state index in [0.29, 0.717) is 11.6 Å². The Hall–Kier alpha value is -2.78. The van der Waals surface area contributed by atoms with Crippen LogP contribution in [0.4, 0.5) is 5.69 Å². The van der Waals surface area contributed by atoms with E-state index in [0.717, 1.165) is 34.5 Å². The van der Waals surface area contributed by atoms with E-state index in [2.05, 4.69) is 5.32 Å². The summed E-state index contributed by atoms with van der Waals surface area (Å²) in [5.41, 5.74) is 2.03. The predicted octanol–water partition coefficient (Wildman–Crippen LogP) is 3.76. The molecule has 0 saturated carbocycles. The standard InChI is InChI=1S/C25H34ClN3O5S/c1-6-7-14-27-25(31)19(3)28(16-20-10-8-18(2)9-11-20)24(30)17-29(35(5,32)33)22-15-21(26)12-13-23(22)34-4/h8-13,15,19H,6-7,14,16-17H2,1-5H3,(H,27,31)/t19-/m0/s1. The highest BCUT2D eigenvalue weighted by atomic mass is 35.5. The third-order valence-corrected chi connectivity index (χ3v) is 6.92. The fourth-order valence-electron chi connectivity index (χ4n) is 3.46. The van der Waals surface area contributed by atoms with E-state index in [1.54, 1.807) is 13.0 Å². The Morgan fingerprint density at radius 1 is 1.14 bits per heavy atom. The summed E-state index contributed by atoms with van der Waals surface area (Å²) in [5, 5.41) is 3.15. The minimum atomic E-state index is -3.89. The Bertz CT molecular complexity index is 1120. The summed E-state index contributed by atoms with van der Waals surface area (Å²) in [6.07, 6.45) is 2.75. The van der Waals surface area contributed by atoms with E-state index in [9.17, 15) is 18.0 Å². The van der Waals surface area contributed by atoms with Gasteiger partial charge in [0.1, 0.15) is 18.3 Å². The third-order valence-electron chi connectivity index (χ3n) is 5.56. The predicted molar refractivity (Wildman–Crippen MR) is 139 cm³/mol. The van der Waals surface area contributed by atoms with Crippen LogP contribution >= 0.6 is 11.6 Å². The van der Waals surface area contributed by atoms with Crippen molar-refractivity contribution in [1.29, 1.82) is 0 Å². The van der Waals surface area contributed by atoms with Crippen molar-refractivity contribution in [1.82, 2.24) is 10.2 Å². The third kappa shape index (κ3) is 8.14. The molecule has 2 aromatic rings. The number of nitrogens with one attached hydrogen (secondary N) is 1. The molecule has 0 saturated heterocycles. The monoisotopic (exact) mass is 523 g/mol. The molecule has 0 aliphatic rings. The van der Waals surface area contributed by atoms with Gasteiger partial charge >= 0.3 is 0 Å². The van der Waals surface area contributed by atoms with Crippen molar-refractivity contribution < 1.29 is 22.7 Å². The van der Waals surface area contributed by atoms with E-state index in [1.807, 2.05) is 38.1 Å². The molecule has 0 heterocycles. The number of aryl methyl sites for hydroxylation is 1. The molecule has 2 aromatic carbocycles. The van der Waals surface area contributed by atoms with Gasteiger partial charge in [-0.15, -0.1) is 0 Å². The Balaban J connectivity index is 2.41. The Labute approximate surface area is 213 Å². The number of hydrogen-bond donors (Lipinski definition) is 1. The van der Waals surface area contributed by atoms with Crippen LogP contribution in [0, 0.1) is 6.92 Å². The van der Waals surface area contributed by atoms with Crippen LogP contribution in [0.1, 0.15) is 37.8 Å².